The number of aromatic nitrogens is 2. The number of amides is 2. The van der Waals surface area contributed by atoms with Crippen molar-refractivity contribution in [3.05, 3.63) is 76.1 Å². The zero-order valence-electron chi connectivity index (χ0n) is 16.5. The van der Waals surface area contributed by atoms with E-state index < -0.39 is 11.5 Å². The molecular formula is C21H20ClN5O4. The maximum absolute atomic E-state index is 12.7. The average Bonchev–Trinajstić information content (AvgIpc) is 3.35. The molecule has 160 valence electrons. The van der Waals surface area contributed by atoms with Gasteiger partial charge in [-0.15, -0.1) is 0 Å². The van der Waals surface area contributed by atoms with Gasteiger partial charge in [0.05, 0.1) is 30.4 Å². The van der Waals surface area contributed by atoms with Crippen LogP contribution >= 0.6 is 11.6 Å². The van der Waals surface area contributed by atoms with Crippen molar-refractivity contribution >= 4 is 29.1 Å². The largest absolute Gasteiger partial charge is 0.459 e. The molecule has 1 aliphatic heterocycles. The van der Waals surface area contributed by atoms with Gasteiger partial charge in [0.1, 0.15) is 5.02 Å². The van der Waals surface area contributed by atoms with E-state index in [0.29, 0.717) is 37.6 Å². The molecule has 1 N–H and O–H groups in total. The van der Waals surface area contributed by atoms with E-state index in [2.05, 4.69) is 10.4 Å². The van der Waals surface area contributed by atoms with Gasteiger partial charge in [-0.3, -0.25) is 14.4 Å². The van der Waals surface area contributed by atoms with Crippen LogP contribution in [0.4, 0.5) is 5.69 Å². The van der Waals surface area contributed by atoms with Crippen LogP contribution in [0.5, 0.6) is 0 Å². The number of rotatable bonds is 5. The fraction of sp³-hybridized carbons (Fsp3) is 0.238. The van der Waals surface area contributed by atoms with Gasteiger partial charge in [0.2, 0.25) is 5.91 Å². The number of piperazine rings is 1. The lowest BCUT2D eigenvalue weighted by atomic mass is 10.2. The number of carbonyl (C=O) groups excluding carboxylic acids is 2. The molecule has 0 spiro atoms. The minimum absolute atomic E-state index is 0.0874. The van der Waals surface area contributed by atoms with Gasteiger partial charge in [0.15, 0.2) is 5.76 Å². The Balaban J connectivity index is 1.36. The van der Waals surface area contributed by atoms with Crippen LogP contribution in [0.15, 0.2) is 64.1 Å². The van der Waals surface area contributed by atoms with E-state index in [9.17, 15) is 14.4 Å². The van der Waals surface area contributed by atoms with E-state index in [-0.39, 0.29) is 23.2 Å². The first kappa shape index (κ1) is 20.7. The molecule has 1 fully saturated rings. The summed E-state index contributed by atoms with van der Waals surface area (Å²) in [5.41, 5.74) is 0.773. The molecule has 0 unspecified atom stereocenters. The molecule has 3 aromatic rings. The number of nitrogens with zero attached hydrogens (tertiary/aromatic N) is 4. The molecule has 1 aliphatic rings. The molecule has 1 aromatic carbocycles. The summed E-state index contributed by atoms with van der Waals surface area (Å²) in [6, 6.07) is 12.2. The predicted molar refractivity (Wildman–Crippen MR) is 115 cm³/mol. The van der Waals surface area contributed by atoms with E-state index in [1.807, 2.05) is 23.1 Å². The van der Waals surface area contributed by atoms with Gasteiger partial charge in [-0.2, -0.15) is 9.78 Å². The summed E-state index contributed by atoms with van der Waals surface area (Å²) in [6.07, 6.45) is 2.96. The summed E-state index contributed by atoms with van der Waals surface area (Å²) in [6.45, 7) is 1.75. The van der Waals surface area contributed by atoms with Gasteiger partial charge in [-0.1, -0.05) is 29.8 Å². The van der Waals surface area contributed by atoms with Crippen molar-refractivity contribution in [2.24, 2.45) is 0 Å². The summed E-state index contributed by atoms with van der Waals surface area (Å²) in [4.78, 5) is 40.6. The second-order valence-corrected chi connectivity index (χ2v) is 7.30. The molecule has 2 amide bonds. The van der Waals surface area contributed by atoms with Crippen LogP contribution in [-0.2, 0) is 4.79 Å². The van der Waals surface area contributed by atoms with Crippen molar-refractivity contribution in [3.8, 4) is 5.69 Å². The zero-order chi connectivity index (χ0) is 21.8. The van der Waals surface area contributed by atoms with E-state index in [1.165, 1.54) is 17.0 Å². The Morgan fingerprint density at radius 1 is 1.06 bits per heavy atom. The number of halogens is 1. The number of nitrogens with one attached hydrogen (secondary N) is 1. The minimum Gasteiger partial charge on any atom is -0.459 e. The van der Waals surface area contributed by atoms with Gasteiger partial charge in [-0.05, 0) is 24.3 Å². The summed E-state index contributed by atoms with van der Waals surface area (Å²) in [5, 5.41) is 6.89. The maximum Gasteiger partial charge on any atom is 0.292 e. The molecule has 3 heterocycles. The lowest BCUT2D eigenvalue weighted by Crippen LogP contribution is -2.51. The highest BCUT2D eigenvalue weighted by molar-refractivity contribution is 6.33. The molecule has 1 saturated heterocycles. The Hall–Kier alpha value is -3.59. The van der Waals surface area contributed by atoms with E-state index >= 15 is 0 Å². The minimum atomic E-state index is -0.436. The number of hydrogen-bond donors (Lipinski definition) is 1. The molecule has 0 bridgehead atoms. The highest BCUT2D eigenvalue weighted by Crippen LogP contribution is 2.23. The van der Waals surface area contributed by atoms with Crippen molar-refractivity contribution in [2.45, 2.75) is 0 Å². The molecule has 31 heavy (non-hydrogen) atoms. The molecule has 10 heteroatoms. The summed E-state index contributed by atoms with van der Waals surface area (Å²) in [7, 11) is 0. The van der Waals surface area contributed by atoms with Crippen molar-refractivity contribution in [1.82, 2.24) is 20.0 Å². The smallest absolute Gasteiger partial charge is 0.292 e. The fourth-order valence-electron chi connectivity index (χ4n) is 3.36. The molecule has 0 atom stereocenters. The Morgan fingerprint density at radius 2 is 1.81 bits per heavy atom. The van der Waals surface area contributed by atoms with Crippen molar-refractivity contribution in [3.63, 3.8) is 0 Å². The second kappa shape index (κ2) is 9.05. The Labute approximate surface area is 182 Å². The van der Waals surface area contributed by atoms with Crippen molar-refractivity contribution in [2.75, 3.05) is 37.6 Å². The summed E-state index contributed by atoms with van der Waals surface area (Å²) in [5.74, 6) is -0.470. The Kier molecular flexibility index (Phi) is 6.03. The second-order valence-electron chi connectivity index (χ2n) is 6.92. The van der Waals surface area contributed by atoms with Crippen LogP contribution in [0, 0.1) is 0 Å². The quantitative estimate of drug-likeness (QED) is 0.644. The van der Waals surface area contributed by atoms with Crippen LogP contribution in [0.25, 0.3) is 5.69 Å². The maximum atomic E-state index is 12.7. The van der Waals surface area contributed by atoms with E-state index in [1.54, 1.807) is 29.3 Å². The van der Waals surface area contributed by atoms with Gasteiger partial charge >= 0.3 is 0 Å². The van der Waals surface area contributed by atoms with Gasteiger partial charge in [0.25, 0.3) is 11.5 Å². The van der Waals surface area contributed by atoms with Crippen molar-refractivity contribution < 1.29 is 14.0 Å². The summed E-state index contributed by atoms with van der Waals surface area (Å²) >= 11 is 6.36. The third kappa shape index (κ3) is 4.46. The fourth-order valence-corrected chi connectivity index (χ4v) is 3.61. The monoisotopic (exact) mass is 441 g/mol. The molecule has 2 aromatic heterocycles. The van der Waals surface area contributed by atoms with Crippen LogP contribution in [0.1, 0.15) is 10.6 Å². The van der Waals surface area contributed by atoms with Crippen LogP contribution < -0.4 is 15.8 Å². The van der Waals surface area contributed by atoms with Gasteiger partial charge in [0, 0.05) is 26.2 Å². The Bertz CT molecular complexity index is 1120. The first-order valence-electron chi connectivity index (χ1n) is 9.72. The Morgan fingerprint density at radius 3 is 2.48 bits per heavy atom. The zero-order valence-corrected chi connectivity index (χ0v) is 17.3. The third-order valence-electron chi connectivity index (χ3n) is 5.02. The van der Waals surface area contributed by atoms with E-state index in [4.69, 9.17) is 16.0 Å². The normalized spacial score (nSPS) is 13.8. The third-order valence-corrected chi connectivity index (χ3v) is 5.37. The molecule has 9 nitrogen and oxygen atoms in total. The lowest BCUT2D eigenvalue weighted by molar-refractivity contribution is -0.130. The summed E-state index contributed by atoms with van der Waals surface area (Å²) < 4.78 is 6.26. The predicted octanol–water partition coefficient (Wildman–Crippen LogP) is 1.56. The van der Waals surface area contributed by atoms with E-state index in [0.717, 1.165) is 0 Å². The molecule has 0 radical (unpaired) electrons. The molecule has 4 rings (SSSR count). The highest BCUT2D eigenvalue weighted by Gasteiger charge is 2.24. The number of benzene rings is 1. The van der Waals surface area contributed by atoms with Crippen LogP contribution in [0.3, 0.4) is 0 Å². The highest BCUT2D eigenvalue weighted by atomic mass is 35.5. The van der Waals surface area contributed by atoms with Gasteiger partial charge < -0.3 is 19.5 Å². The number of carbonyl (C=O) groups is 2. The molecule has 0 saturated carbocycles. The first-order chi connectivity index (χ1) is 15.0. The lowest BCUT2D eigenvalue weighted by Gasteiger charge is -2.36. The van der Waals surface area contributed by atoms with Crippen molar-refractivity contribution in [1.29, 1.82) is 0 Å². The molecular weight excluding hydrogens is 422 g/mol. The van der Waals surface area contributed by atoms with Crippen LogP contribution in [-0.4, -0.2) is 59.2 Å². The van der Waals surface area contributed by atoms with Gasteiger partial charge in [-0.25, -0.2) is 0 Å². The number of para-hydroxylation sites is 1. The number of anilines is 1. The SMILES string of the molecule is O=C(NCC(=O)N1CCN(c2cnn(-c3ccccc3)c(=O)c2Cl)CC1)c1ccco1. The topological polar surface area (TPSA) is 101 Å². The average molecular weight is 442 g/mol. The number of furan rings is 1. The first-order valence-corrected chi connectivity index (χ1v) is 10.1. The number of hydrogen-bond acceptors (Lipinski definition) is 6. The van der Waals surface area contributed by atoms with Crippen LogP contribution in [0.2, 0.25) is 5.02 Å². The standard InChI is InChI=1S/C21H20ClN5O4/c22-19-16(13-24-27(21(19)30)15-5-2-1-3-6-15)25-8-10-26(11-9-25)18(28)14-23-20(29)17-7-4-12-31-17/h1-7,12-13H,8-11,14H2,(H,23,29). The molecule has 0 aliphatic carbocycles.